The third-order valence-corrected chi connectivity index (χ3v) is 0.796. The highest BCUT2D eigenvalue weighted by Gasteiger charge is 1.66. The highest BCUT2D eigenvalue weighted by Crippen LogP contribution is 1.74. The van der Waals surface area contributed by atoms with Gasteiger partial charge in [0.05, 0.1) is 6.54 Å². The van der Waals surface area contributed by atoms with E-state index < -0.39 is 0 Å². The van der Waals surface area contributed by atoms with Crippen LogP contribution in [0.4, 0.5) is 0 Å². The van der Waals surface area contributed by atoms with Gasteiger partial charge in [-0.1, -0.05) is 0 Å². The highest BCUT2D eigenvalue weighted by atomic mass is 14.7. The summed E-state index contributed by atoms with van der Waals surface area (Å²) >= 11 is 0. The number of hydrogen-bond acceptors (Lipinski definition) is 3. The molecule has 0 bridgehead atoms. The summed E-state index contributed by atoms with van der Waals surface area (Å²) in [6.07, 6.45) is 6.97. The van der Waals surface area contributed by atoms with Crippen LogP contribution >= 0.6 is 0 Å². The SMILES string of the molecule is C/C=N\C/C=C\N=C/CN. The second-order valence-electron chi connectivity index (χ2n) is 1.58. The van der Waals surface area contributed by atoms with Gasteiger partial charge >= 0.3 is 0 Å². The molecule has 0 radical (unpaired) electrons. The minimum atomic E-state index is 0.487. The lowest BCUT2D eigenvalue weighted by atomic mass is 10.6. The third kappa shape index (κ3) is 7.04. The summed E-state index contributed by atoms with van der Waals surface area (Å²) in [5.41, 5.74) is 5.16. The molecular weight excluding hydrogens is 126 g/mol. The first-order chi connectivity index (χ1) is 4.91. The number of hydrogen-bond donors (Lipinski definition) is 1. The predicted octanol–water partition coefficient (Wildman–Crippen LogP) is 0.620. The average Bonchev–Trinajstić information content (AvgIpc) is 1.97. The van der Waals surface area contributed by atoms with Crippen LogP contribution in [0, 0.1) is 0 Å². The summed E-state index contributed by atoms with van der Waals surface area (Å²) in [6.45, 7) is 3.07. The lowest BCUT2D eigenvalue weighted by Gasteiger charge is -1.78. The second-order valence-corrected chi connectivity index (χ2v) is 1.58. The summed E-state index contributed by atoms with van der Waals surface area (Å²) < 4.78 is 0. The molecule has 0 aliphatic rings. The molecule has 3 nitrogen and oxygen atoms in total. The second kappa shape index (κ2) is 8.04. The molecule has 0 saturated heterocycles. The Morgan fingerprint density at radius 1 is 1.50 bits per heavy atom. The molecule has 0 unspecified atom stereocenters. The van der Waals surface area contributed by atoms with Gasteiger partial charge in [0, 0.05) is 19.0 Å². The Kier molecular flexibility index (Phi) is 7.27. The Labute approximate surface area is 61.4 Å². The molecule has 0 rings (SSSR count). The van der Waals surface area contributed by atoms with Gasteiger partial charge in [-0.15, -0.1) is 0 Å². The number of nitrogens with zero attached hydrogens (tertiary/aromatic N) is 2. The van der Waals surface area contributed by atoms with Gasteiger partial charge in [0.2, 0.25) is 0 Å². The largest absolute Gasteiger partial charge is 0.326 e. The van der Waals surface area contributed by atoms with Crippen LogP contribution in [-0.2, 0) is 0 Å². The maximum Gasteiger partial charge on any atom is 0.0583 e. The van der Waals surface area contributed by atoms with Gasteiger partial charge in [0.25, 0.3) is 0 Å². The van der Waals surface area contributed by atoms with Crippen LogP contribution < -0.4 is 5.73 Å². The van der Waals surface area contributed by atoms with Gasteiger partial charge in [-0.2, -0.15) is 0 Å². The van der Waals surface area contributed by atoms with E-state index in [0.29, 0.717) is 13.1 Å². The van der Waals surface area contributed by atoms with Crippen molar-refractivity contribution in [2.45, 2.75) is 6.92 Å². The molecule has 10 heavy (non-hydrogen) atoms. The zero-order valence-electron chi connectivity index (χ0n) is 6.20. The molecule has 0 spiro atoms. The van der Waals surface area contributed by atoms with Crippen molar-refractivity contribution in [2.24, 2.45) is 15.7 Å². The molecule has 3 heteroatoms. The van der Waals surface area contributed by atoms with Gasteiger partial charge in [0.15, 0.2) is 0 Å². The monoisotopic (exact) mass is 139 g/mol. The quantitative estimate of drug-likeness (QED) is 0.570. The molecule has 0 heterocycles. The highest BCUT2D eigenvalue weighted by molar-refractivity contribution is 5.59. The molecule has 0 aliphatic carbocycles. The zero-order chi connectivity index (χ0) is 7.66. The Morgan fingerprint density at radius 2 is 2.30 bits per heavy atom. The van der Waals surface area contributed by atoms with E-state index in [2.05, 4.69) is 9.98 Å². The number of aliphatic imine (C=N–C) groups is 2. The van der Waals surface area contributed by atoms with E-state index in [0.717, 1.165) is 0 Å². The van der Waals surface area contributed by atoms with Crippen molar-refractivity contribution in [1.82, 2.24) is 0 Å². The smallest absolute Gasteiger partial charge is 0.0583 e. The van der Waals surface area contributed by atoms with Crippen LogP contribution in [0.5, 0.6) is 0 Å². The summed E-state index contributed by atoms with van der Waals surface area (Å²) in [5.74, 6) is 0. The summed E-state index contributed by atoms with van der Waals surface area (Å²) in [5, 5.41) is 0. The molecule has 0 aromatic rings. The minimum absolute atomic E-state index is 0.487. The predicted molar refractivity (Wildman–Crippen MR) is 45.7 cm³/mol. The van der Waals surface area contributed by atoms with E-state index in [1.807, 2.05) is 13.0 Å². The van der Waals surface area contributed by atoms with Crippen LogP contribution in [0.2, 0.25) is 0 Å². The number of nitrogens with two attached hydrogens (primary N) is 1. The van der Waals surface area contributed by atoms with Gasteiger partial charge in [0.1, 0.15) is 0 Å². The number of rotatable bonds is 4. The van der Waals surface area contributed by atoms with Crippen molar-refractivity contribution in [2.75, 3.05) is 13.1 Å². The van der Waals surface area contributed by atoms with E-state index >= 15 is 0 Å². The first-order valence-electron chi connectivity index (χ1n) is 3.23. The molecular formula is C7H13N3. The molecule has 0 fully saturated rings. The van der Waals surface area contributed by atoms with E-state index in [-0.39, 0.29) is 0 Å². The summed E-state index contributed by atoms with van der Waals surface area (Å²) in [7, 11) is 0. The Bertz CT molecular complexity index is 136. The van der Waals surface area contributed by atoms with Crippen molar-refractivity contribution in [3.63, 3.8) is 0 Å². The Hall–Kier alpha value is -0.960. The van der Waals surface area contributed by atoms with Gasteiger partial charge in [-0.05, 0) is 19.2 Å². The van der Waals surface area contributed by atoms with Crippen LogP contribution in [0.3, 0.4) is 0 Å². The fraction of sp³-hybridized carbons (Fsp3) is 0.429. The van der Waals surface area contributed by atoms with E-state index in [1.54, 1.807) is 18.6 Å². The summed E-state index contributed by atoms with van der Waals surface area (Å²) in [6, 6.07) is 0. The Morgan fingerprint density at radius 3 is 2.90 bits per heavy atom. The van der Waals surface area contributed by atoms with Crippen molar-refractivity contribution in [3.05, 3.63) is 12.3 Å². The van der Waals surface area contributed by atoms with E-state index in [4.69, 9.17) is 5.73 Å². The lowest BCUT2D eigenvalue weighted by molar-refractivity contribution is 1.24. The summed E-state index contributed by atoms with van der Waals surface area (Å²) in [4.78, 5) is 7.81. The molecule has 0 aromatic carbocycles. The normalized spacial score (nSPS) is 12.6. The molecule has 0 aromatic heterocycles. The molecule has 0 saturated carbocycles. The van der Waals surface area contributed by atoms with Gasteiger partial charge in [-0.3, -0.25) is 9.98 Å². The first-order valence-corrected chi connectivity index (χ1v) is 3.23. The van der Waals surface area contributed by atoms with Crippen molar-refractivity contribution >= 4 is 12.4 Å². The molecule has 0 aliphatic heterocycles. The van der Waals surface area contributed by atoms with Crippen LogP contribution in [0.1, 0.15) is 6.92 Å². The van der Waals surface area contributed by atoms with Crippen LogP contribution in [-0.4, -0.2) is 25.5 Å². The topological polar surface area (TPSA) is 50.7 Å². The van der Waals surface area contributed by atoms with E-state index in [1.165, 1.54) is 0 Å². The third-order valence-electron chi connectivity index (χ3n) is 0.796. The molecule has 2 N–H and O–H groups in total. The van der Waals surface area contributed by atoms with Gasteiger partial charge in [-0.25, -0.2) is 0 Å². The Balaban J connectivity index is 3.28. The first kappa shape index (κ1) is 9.04. The van der Waals surface area contributed by atoms with Crippen molar-refractivity contribution < 1.29 is 0 Å². The molecule has 0 atom stereocenters. The fourth-order valence-corrected chi connectivity index (χ4v) is 0.396. The van der Waals surface area contributed by atoms with Crippen molar-refractivity contribution in [1.29, 1.82) is 0 Å². The zero-order valence-corrected chi connectivity index (χ0v) is 6.20. The average molecular weight is 139 g/mol. The maximum atomic E-state index is 5.16. The fourth-order valence-electron chi connectivity index (χ4n) is 0.396. The standard InChI is InChI=1S/C7H13N3/c1-2-9-5-3-6-10-7-4-8/h2-3,6-7H,4-5,8H2,1H3/b6-3-,9-2-,10-7-. The van der Waals surface area contributed by atoms with Gasteiger partial charge < -0.3 is 5.73 Å². The van der Waals surface area contributed by atoms with Crippen LogP contribution in [0.25, 0.3) is 0 Å². The molecule has 0 amide bonds. The lowest BCUT2D eigenvalue weighted by Crippen LogP contribution is -1.97. The molecule has 56 valence electrons. The van der Waals surface area contributed by atoms with Crippen LogP contribution in [0.15, 0.2) is 22.3 Å². The minimum Gasteiger partial charge on any atom is -0.326 e. The van der Waals surface area contributed by atoms with E-state index in [9.17, 15) is 0 Å². The van der Waals surface area contributed by atoms with Crippen molar-refractivity contribution in [3.8, 4) is 0 Å². The maximum absolute atomic E-state index is 5.16.